The molecular formula is C12H17NO. The first-order valence-electron chi connectivity index (χ1n) is 4.73. The number of nitrogens with two attached hydrogens (primary N) is 1. The van der Waals surface area contributed by atoms with E-state index >= 15 is 0 Å². The van der Waals surface area contributed by atoms with Crippen LogP contribution in [0.2, 0.25) is 0 Å². The van der Waals surface area contributed by atoms with Gasteiger partial charge in [0.15, 0.2) is 0 Å². The molecule has 2 heteroatoms. The van der Waals surface area contributed by atoms with Gasteiger partial charge in [0.05, 0.1) is 6.10 Å². The molecule has 2 nitrogen and oxygen atoms in total. The Hall–Kier alpha value is -1.12. The number of ether oxygens (including phenoxy) is 1. The minimum atomic E-state index is -0.0470. The molecule has 0 bridgehead atoms. The summed E-state index contributed by atoms with van der Waals surface area (Å²) in [6.45, 7) is 3.68. The number of benzene rings is 1. The van der Waals surface area contributed by atoms with E-state index in [1.807, 2.05) is 36.4 Å². The van der Waals surface area contributed by atoms with Crippen molar-refractivity contribution in [1.82, 2.24) is 0 Å². The van der Waals surface area contributed by atoms with Crippen molar-refractivity contribution in [3.8, 4) is 0 Å². The molecule has 2 atom stereocenters. The maximum Gasteiger partial charge on any atom is 0.0974 e. The van der Waals surface area contributed by atoms with Gasteiger partial charge in [-0.2, -0.15) is 0 Å². The van der Waals surface area contributed by atoms with Crippen molar-refractivity contribution in [1.29, 1.82) is 0 Å². The second-order valence-electron chi connectivity index (χ2n) is 3.26. The smallest absolute Gasteiger partial charge is 0.0974 e. The summed E-state index contributed by atoms with van der Waals surface area (Å²) in [6, 6.07) is 9.98. The molecule has 0 aliphatic heterocycles. The van der Waals surface area contributed by atoms with Crippen molar-refractivity contribution >= 4 is 0 Å². The lowest BCUT2D eigenvalue weighted by Crippen LogP contribution is -2.28. The zero-order valence-corrected chi connectivity index (χ0v) is 8.52. The summed E-state index contributed by atoms with van der Waals surface area (Å²) in [7, 11) is 1.68. The van der Waals surface area contributed by atoms with Gasteiger partial charge in [-0.3, -0.25) is 0 Å². The third kappa shape index (κ3) is 2.69. The molecular weight excluding hydrogens is 174 g/mol. The largest absolute Gasteiger partial charge is 0.375 e. The van der Waals surface area contributed by atoms with Crippen molar-refractivity contribution in [3.05, 3.63) is 48.6 Å². The third-order valence-corrected chi connectivity index (χ3v) is 2.21. The molecule has 1 rings (SSSR count). The van der Waals surface area contributed by atoms with E-state index in [-0.39, 0.29) is 12.1 Å². The van der Waals surface area contributed by atoms with Crippen LogP contribution < -0.4 is 5.73 Å². The maximum atomic E-state index is 5.97. The molecule has 0 spiro atoms. The number of hydrogen-bond acceptors (Lipinski definition) is 2. The lowest BCUT2D eigenvalue weighted by atomic mass is 10.0. The van der Waals surface area contributed by atoms with E-state index < -0.39 is 0 Å². The van der Waals surface area contributed by atoms with Gasteiger partial charge in [0.25, 0.3) is 0 Å². The molecule has 0 saturated heterocycles. The van der Waals surface area contributed by atoms with Crippen LogP contribution in [0.4, 0.5) is 0 Å². The molecule has 1 aromatic rings. The van der Waals surface area contributed by atoms with E-state index in [1.54, 1.807) is 7.11 Å². The number of hydrogen-bond donors (Lipinski definition) is 1. The van der Waals surface area contributed by atoms with Gasteiger partial charge in [-0.15, -0.1) is 6.58 Å². The highest BCUT2D eigenvalue weighted by Gasteiger charge is 2.17. The van der Waals surface area contributed by atoms with Gasteiger partial charge in [-0.25, -0.2) is 0 Å². The SMILES string of the molecule is C=CCC(N)C(OC)c1ccccc1. The Balaban J connectivity index is 2.76. The summed E-state index contributed by atoms with van der Waals surface area (Å²) in [5, 5.41) is 0. The standard InChI is InChI=1S/C12H17NO/c1-3-7-11(13)12(14-2)10-8-5-4-6-9-10/h3-6,8-9,11-12H,1,7,13H2,2H3. The van der Waals surface area contributed by atoms with Crippen molar-refractivity contribution in [2.45, 2.75) is 18.6 Å². The average Bonchev–Trinajstić information content (AvgIpc) is 2.21. The van der Waals surface area contributed by atoms with Gasteiger partial charge < -0.3 is 10.5 Å². The second-order valence-corrected chi connectivity index (χ2v) is 3.26. The van der Waals surface area contributed by atoms with E-state index in [9.17, 15) is 0 Å². The van der Waals surface area contributed by atoms with E-state index in [1.165, 1.54) is 0 Å². The van der Waals surface area contributed by atoms with Gasteiger partial charge in [-0.1, -0.05) is 36.4 Å². The normalized spacial score (nSPS) is 14.7. The molecule has 14 heavy (non-hydrogen) atoms. The lowest BCUT2D eigenvalue weighted by Gasteiger charge is -2.21. The van der Waals surface area contributed by atoms with E-state index in [4.69, 9.17) is 10.5 Å². The maximum absolute atomic E-state index is 5.97. The Labute approximate surface area is 85.4 Å². The molecule has 1 aromatic carbocycles. The van der Waals surface area contributed by atoms with Crippen molar-refractivity contribution in [2.75, 3.05) is 7.11 Å². The van der Waals surface area contributed by atoms with Crippen molar-refractivity contribution < 1.29 is 4.74 Å². The zero-order valence-electron chi connectivity index (χ0n) is 8.52. The average molecular weight is 191 g/mol. The topological polar surface area (TPSA) is 35.2 Å². The fourth-order valence-electron chi connectivity index (χ4n) is 1.52. The molecule has 0 aliphatic carbocycles. The van der Waals surface area contributed by atoms with Gasteiger partial charge >= 0.3 is 0 Å². The summed E-state index contributed by atoms with van der Waals surface area (Å²) >= 11 is 0. The Morgan fingerprint density at radius 2 is 2.07 bits per heavy atom. The Kier molecular flexibility index (Phi) is 4.36. The lowest BCUT2D eigenvalue weighted by molar-refractivity contribution is 0.0810. The molecule has 0 fully saturated rings. The van der Waals surface area contributed by atoms with Gasteiger partial charge in [0, 0.05) is 13.2 Å². The zero-order chi connectivity index (χ0) is 10.4. The first kappa shape index (κ1) is 11.0. The summed E-state index contributed by atoms with van der Waals surface area (Å²) in [5.74, 6) is 0. The molecule has 0 radical (unpaired) electrons. The first-order valence-corrected chi connectivity index (χ1v) is 4.73. The highest BCUT2D eigenvalue weighted by atomic mass is 16.5. The molecule has 0 saturated carbocycles. The van der Waals surface area contributed by atoms with Crippen LogP contribution in [0.5, 0.6) is 0 Å². The minimum Gasteiger partial charge on any atom is -0.375 e. The quantitative estimate of drug-likeness (QED) is 0.725. The molecule has 0 aliphatic rings. The van der Waals surface area contributed by atoms with Crippen LogP contribution in [0.1, 0.15) is 18.1 Å². The predicted molar refractivity (Wildman–Crippen MR) is 59.0 cm³/mol. The third-order valence-electron chi connectivity index (χ3n) is 2.21. The monoisotopic (exact) mass is 191 g/mol. The Morgan fingerprint density at radius 3 is 2.57 bits per heavy atom. The first-order chi connectivity index (χ1) is 6.79. The predicted octanol–water partition coefficient (Wildman–Crippen LogP) is 2.28. The van der Waals surface area contributed by atoms with Gasteiger partial charge in [0.1, 0.15) is 0 Å². The molecule has 0 amide bonds. The highest BCUT2D eigenvalue weighted by molar-refractivity contribution is 5.19. The summed E-state index contributed by atoms with van der Waals surface area (Å²) in [4.78, 5) is 0. The fraction of sp³-hybridized carbons (Fsp3) is 0.333. The molecule has 2 unspecified atom stereocenters. The Bertz CT molecular complexity index is 271. The fourth-order valence-corrected chi connectivity index (χ4v) is 1.52. The van der Waals surface area contributed by atoms with Crippen LogP contribution in [0.3, 0.4) is 0 Å². The van der Waals surface area contributed by atoms with Crippen LogP contribution in [0, 0.1) is 0 Å². The van der Waals surface area contributed by atoms with Crippen LogP contribution in [0.15, 0.2) is 43.0 Å². The van der Waals surface area contributed by atoms with Crippen LogP contribution in [0.25, 0.3) is 0 Å². The van der Waals surface area contributed by atoms with Crippen LogP contribution >= 0.6 is 0 Å². The number of methoxy groups -OCH3 is 1. The molecule has 0 heterocycles. The summed E-state index contributed by atoms with van der Waals surface area (Å²) in [6.07, 6.45) is 2.53. The highest BCUT2D eigenvalue weighted by Crippen LogP contribution is 2.20. The summed E-state index contributed by atoms with van der Waals surface area (Å²) < 4.78 is 5.38. The summed E-state index contributed by atoms with van der Waals surface area (Å²) in [5.41, 5.74) is 7.09. The Morgan fingerprint density at radius 1 is 1.43 bits per heavy atom. The molecule has 76 valence electrons. The minimum absolute atomic E-state index is 0.0279. The van der Waals surface area contributed by atoms with Crippen molar-refractivity contribution in [3.63, 3.8) is 0 Å². The molecule has 0 aromatic heterocycles. The van der Waals surface area contributed by atoms with Gasteiger partial charge in [-0.05, 0) is 12.0 Å². The van der Waals surface area contributed by atoms with Crippen molar-refractivity contribution in [2.24, 2.45) is 5.73 Å². The van der Waals surface area contributed by atoms with E-state index in [0.717, 1.165) is 12.0 Å². The van der Waals surface area contributed by atoms with Gasteiger partial charge in [0.2, 0.25) is 0 Å². The van der Waals surface area contributed by atoms with Crippen LogP contribution in [-0.4, -0.2) is 13.2 Å². The molecule has 2 N–H and O–H groups in total. The van der Waals surface area contributed by atoms with Crippen LogP contribution in [-0.2, 0) is 4.74 Å². The van der Waals surface area contributed by atoms with E-state index in [2.05, 4.69) is 6.58 Å². The number of rotatable bonds is 5. The van der Waals surface area contributed by atoms with E-state index in [0.29, 0.717) is 0 Å². The second kappa shape index (κ2) is 5.58.